The summed E-state index contributed by atoms with van der Waals surface area (Å²) in [6.07, 6.45) is 2.06. The number of hydrogen-bond acceptors (Lipinski definition) is 4. The van der Waals surface area contributed by atoms with Gasteiger partial charge in [0, 0.05) is 42.5 Å². The summed E-state index contributed by atoms with van der Waals surface area (Å²) in [5, 5.41) is 2.53. The molecule has 1 aliphatic carbocycles. The number of amides is 2. The van der Waals surface area contributed by atoms with Gasteiger partial charge in [-0.1, -0.05) is 31.0 Å². The van der Waals surface area contributed by atoms with Crippen molar-refractivity contribution < 1.29 is 42.2 Å². The molecule has 0 aliphatic heterocycles. The molecule has 38 heavy (non-hydrogen) atoms. The molecule has 212 valence electrons. The van der Waals surface area contributed by atoms with E-state index >= 15 is 0 Å². The average molecular weight is 595 g/mol. The van der Waals surface area contributed by atoms with Crippen LogP contribution in [0.15, 0.2) is 47.9 Å². The molecule has 6 nitrogen and oxygen atoms in total. The number of alkyl halides is 4. The number of hydrogen-bond donors (Lipinski definition) is 1. The molecule has 1 saturated carbocycles. The van der Waals surface area contributed by atoms with Crippen LogP contribution in [0.3, 0.4) is 0 Å². The lowest BCUT2D eigenvalue weighted by molar-refractivity contribution is -0.129. The lowest BCUT2D eigenvalue weighted by Gasteiger charge is -2.41. The van der Waals surface area contributed by atoms with Crippen LogP contribution in [0.2, 0.25) is 0 Å². The fourth-order valence-corrected chi connectivity index (χ4v) is 4.69. The van der Waals surface area contributed by atoms with Crippen LogP contribution in [0.5, 0.6) is 0 Å². The van der Waals surface area contributed by atoms with E-state index in [-0.39, 0.29) is 30.5 Å². The van der Waals surface area contributed by atoms with Gasteiger partial charge in [0.2, 0.25) is 17.7 Å². The number of halogens is 9. The molecule has 0 saturated heterocycles. The van der Waals surface area contributed by atoms with Gasteiger partial charge in [-0.25, -0.2) is 23.1 Å². The van der Waals surface area contributed by atoms with Gasteiger partial charge in [-0.05, 0) is 44.0 Å². The van der Waals surface area contributed by atoms with Gasteiger partial charge in [-0.2, -0.15) is 0 Å². The maximum Gasteiger partial charge on any atom is 0.310 e. The highest BCUT2D eigenvalue weighted by atomic mass is 35.5. The third-order valence-corrected chi connectivity index (χ3v) is 7.57. The van der Waals surface area contributed by atoms with Crippen molar-refractivity contribution in [2.75, 3.05) is 4.90 Å². The second-order valence-corrected chi connectivity index (χ2v) is 11.8. The first kappa shape index (κ1) is 29.9. The Bertz CT molecular complexity index is 1160. The van der Waals surface area contributed by atoms with E-state index < -0.39 is 75.0 Å². The summed E-state index contributed by atoms with van der Waals surface area (Å²) in [4.78, 5) is 32.6. The first-order valence-electron chi connectivity index (χ1n) is 11.2. The number of anilines is 1. The second-order valence-electron chi connectivity index (χ2n) is 9.01. The molecule has 1 heterocycles. The standard InChI is InChI=1S/C22H23ClF8N4O2S/c1-13(19(23)24)21(37)35(16-2-4-17(5-3-16)38(27,28,29,30)31)18(14-10-32-12-33-11-14)20(36)34-15-6-8-22(25,26)9-7-15/h2-5,10-13,15,18-19H,6-9H2,1H3,(H,34,36)/t13?,18-,19-/m0/s1. The van der Waals surface area contributed by atoms with Crippen LogP contribution in [-0.2, 0) is 9.59 Å². The average Bonchev–Trinajstić information content (AvgIpc) is 2.82. The van der Waals surface area contributed by atoms with E-state index in [0.717, 1.165) is 25.6 Å². The molecule has 2 amide bonds. The summed E-state index contributed by atoms with van der Waals surface area (Å²) in [5.74, 6) is -6.68. The summed E-state index contributed by atoms with van der Waals surface area (Å²) in [6.45, 7) is 1.05. The van der Waals surface area contributed by atoms with Gasteiger partial charge in [0.15, 0.2) is 5.63 Å². The molecule has 1 aliphatic rings. The first-order valence-corrected chi connectivity index (χ1v) is 13.6. The van der Waals surface area contributed by atoms with E-state index in [2.05, 4.69) is 15.3 Å². The van der Waals surface area contributed by atoms with Gasteiger partial charge in [0.25, 0.3) is 0 Å². The number of benzene rings is 1. The molecule has 2 aromatic rings. The van der Waals surface area contributed by atoms with Crippen LogP contribution in [-0.4, -0.2) is 39.4 Å². The number of carbonyl (C=O) groups excluding carboxylic acids is 2. The van der Waals surface area contributed by atoms with Crippen LogP contribution in [0.4, 0.5) is 38.3 Å². The first-order chi connectivity index (χ1) is 17.3. The van der Waals surface area contributed by atoms with E-state index in [1.54, 1.807) is 0 Å². The molecule has 16 heteroatoms. The molecule has 0 radical (unpaired) electrons. The maximum atomic E-state index is 13.9. The molecule has 1 unspecified atom stereocenters. The van der Waals surface area contributed by atoms with Gasteiger partial charge >= 0.3 is 10.2 Å². The normalized spacial score (nSPS) is 20.4. The van der Waals surface area contributed by atoms with Crippen molar-refractivity contribution in [3.05, 3.63) is 48.5 Å². The van der Waals surface area contributed by atoms with Crippen molar-refractivity contribution in [3.8, 4) is 0 Å². The highest BCUT2D eigenvalue weighted by molar-refractivity contribution is 8.45. The Morgan fingerprint density at radius 2 is 1.58 bits per heavy atom. The van der Waals surface area contributed by atoms with E-state index in [0.29, 0.717) is 17.0 Å². The SMILES string of the molecule is CC(C(=O)N(c1ccc(S(F)(F)(F)(F)F)cc1)[C@H](C(=O)NC1CCC(F)(F)CC1)c1cncnc1)[C@H](F)Cl. The molecule has 0 bridgehead atoms. The summed E-state index contributed by atoms with van der Waals surface area (Å²) in [6, 6.07) is -1.34. The molecule has 3 atom stereocenters. The quantitative estimate of drug-likeness (QED) is 0.262. The van der Waals surface area contributed by atoms with E-state index in [4.69, 9.17) is 11.6 Å². The highest BCUT2D eigenvalue weighted by Crippen LogP contribution is 3.02. The summed E-state index contributed by atoms with van der Waals surface area (Å²) >= 11 is 5.44. The zero-order chi connectivity index (χ0) is 28.6. The topological polar surface area (TPSA) is 75.2 Å². The van der Waals surface area contributed by atoms with Crippen molar-refractivity contribution in [2.45, 2.75) is 61.1 Å². The maximum absolute atomic E-state index is 13.9. The summed E-state index contributed by atoms with van der Waals surface area (Å²) in [7, 11) is -10.1. The number of aromatic nitrogens is 2. The predicted octanol–water partition coefficient (Wildman–Crippen LogP) is 7.07. The van der Waals surface area contributed by atoms with Gasteiger partial charge < -0.3 is 5.32 Å². The van der Waals surface area contributed by atoms with Crippen molar-refractivity contribution >= 4 is 39.3 Å². The fourth-order valence-electron chi connectivity index (χ4n) is 3.93. The number of rotatable bonds is 8. The van der Waals surface area contributed by atoms with Crippen LogP contribution in [0.25, 0.3) is 0 Å². The Labute approximate surface area is 217 Å². The minimum atomic E-state index is -10.1. The van der Waals surface area contributed by atoms with Crippen LogP contribution in [0.1, 0.15) is 44.2 Å². The molecular formula is C22H23ClF8N4O2S. The lowest BCUT2D eigenvalue weighted by Crippen LogP contribution is -2.50. The van der Waals surface area contributed by atoms with Crippen molar-refractivity contribution in [1.82, 2.24) is 15.3 Å². The Morgan fingerprint density at radius 3 is 2.05 bits per heavy atom. The van der Waals surface area contributed by atoms with E-state index in [1.165, 1.54) is 0 Å². The lowest BCUT2D eigenvalue weighted by atomic mass is 9.91. The van der Waals surface area contributed by atoms with Crippen LogP contribution >= 0.6 is 21.8 Å². The van der Waals surface area contributed by atoms with Crippen LogP contribution < -0.4 is 10.2 Å². The molecule has 1 N–H and O–H groups in total. The van der Waals surface area contributed by atoms with Gasteiger partial charge in [-0.15, -0.1) is 0 Å². The molecule has 1 aromatic heterocycles. The van der Waals surface area contributed by atoms with Gasteiger partial charge in [0.05, 0.1) is 5.92 Å². The van der Waals surface area contributed by atoms with Crippen LogP contribution in [0, 0.1) is 5.92 Å². The van der Waals surface area contributed by atoms with E-state index in [1.807, 2.05) is 0 Å². The molecule has 3 rings (SSSR count). The minimum absolute atomic E-state index is 0.0368. The Balaban J connectivity index is 2.08. The number of carbonyl (C=O) groups is 2. The monoisotopic (exact) mass is 594 g/mol. The van der Waals surface area contributed by atoms with E-state index in [9.17, 15) is 42.2 Å². The Morgan fingerprint density at radius 1 is 1.05 bits per heavy atom. The zero-order valence-electron chi connectivity index (χ0n) is 19.6. The second kappa shape index (κ2) is 9.81. The number of nitrogens with zero attached hydrogens (tertiary/aromatic N) is 3. The predicted molar refractivity (Wildman–Crippen MR) is 125 cm³/mol. The summed E-state index contributed by atoms with van der Waals surface area (Å²) in [5.41, 5.74) is -2.83. The Hall–Kier alpha value is -2.68. The molecule has 1 aromatic carbocycles. The third kappa shape index (κ3) is 7.24. The third-order valence-electron chi connectivity index (χ3n) is 6.03. The smallest absolute Gasteiger partial charge is 0.310 e. The number of nitrogens with one attached hydrogen (secondary N) is 1. The molecular weight excluding hydrogens is 572 g/mol. The molecule has 0 spiro atoms. The molecule has 1 fully saturated rings. The fraction of sp³-hybridized carbons (Fsp3) is 0.455. The van der Waals surface area contributed by atoms with Crippen molar-refractivity contribution in [1.29, 1.82) is 0 Å². The van der Waals surface area contributed by atoms with Gasteiger partial charge in [0.1, 0.15) is 17.3 Å². The minimum Gasteiger partial charge on any atom is -0.351 e. The van der Waals surface area contributed by atoms with Gasteiger partial charge in [-0.3, -0.25) is 14.5 Å². The zero-order valence-corrected chi connectivity index (χ0v) is 21.2. The van der Waals surface area contributed by atoms with Crippen molar-refractivity contribution in [2.24, 2.45) is 5.92 Å². The largest absolute Gasteiger partial charge is 0.351 e. The summed E-state index contributed by atoms with van der Waals surface area (Å²) < 4.78 is 107. The van der Waals surface area contributed by atoms with Crippen molar-refractivity contribution in [3.63, 3.8) is 0 Å². The highest BCUT2D eigenvalue weighted by Gasteiger charge is 2.65. The Kier molecular flexibility index (Phi) is 7.71.